The summed E-state index contributed by atoms with van der Waals surface area (Å²) in [6, 6.07) is 25.8. The highest BCUT2D eigenvalue weighted by Crippen LogP contribution is 2.29. The predicted octanol–water partition coefficient (Wildman–Crippen LogP) is 5.11. The zero-order chi connectivity index (χ0) is 25.1. The minimum Gasteiger partial charge on any atom is -0.463 e. The van der Waals surface area contributed by atoms with Crippen LogP contribution in [0.2, 0.25) is 0 Å². The monoisotopic (exact) mass is 479 g/mol. The number of anilines is 1. The number of carbonyl (C=O) groups is 1. The maximum Gasteiger partial charge on any atom is 0.252 e. The minimum absolute atomic E-state index is 0.0322. The molecule has 1 amide bonds. The Morgan fingerprint density at radius 2 is 1.61 bits per heavy atom. The number of hydrogen-bond donors (Lipinski definition) is 2. The third-order valence-electron chi connectivity index (χ3n) is 5.80. The lowest BCUT2D eigenvalue weighted by Gasteiger charge is -2.18. The molecule has 3 aromatic heterocycles. The van der Waals surface area contributed by atoms with Crippen LogP contribution in [-0.2, 0) is 4.79 Å². The Labute approximate surface area is 207 Å². The molecule has 0 saturated heterocycles. The average Bonchev–Trinajstić information content (AvgIpc) is 3.55. The van der Waals surface area contributed by atoms with Crippen molar-refractivity contribution in [2.24, 2.45) is 0 Å². The predicted molar refractivity (Wildman–Crippen MR) is 137 cm³/mol. The molecule has 5 rings (SSSR count). The Balaban J connectivity index is 1.59. The van der Waals surface area contributed by atoms with Crippen LogP contribution in [0.3, 0.4) is 0 Å². The molecule has 3 heterocycles. The topological polar surface area (TPSA) is 106 Å². The van der Waals surface area contributed by atoms with E-state index in [9.17, 15) is 9.59 Å². The van der Waals surface area contributed by atoms with E-state index in [1.165, 1.54) is 10.7 Å². The first-order chi connectivity index (χ1) is 17.5. The van der Waals surface area contributed by atoms with Crippen LogP contribution in [-0.4, -0.2) is 25.7 Å². The van der Waals surface area contributed by atoms with Gasteiger partial charge in [0.2, 0.25) is 11.9 Å². The average molecular weight is 480 g/mol. The molecule has 0 aliphatic heterocycles. The summed E-state index contributed by atoms with van der Waals surface area (Å²) >= 11 is 0. The third-order valence-corrected chi connectivity index (χ3v) is 5.80. The molecule has 2 aromatic carbocycles. The largest absolute Gasteiger partial charge is 0.463 e. The van der Waals surface area contributed by atoms with E-state index in [4.69, 9.17) is 4.42 Å². The zero-order valence-electron chi connectivity index (χ0n) is 19.9. The highest BCUT2D eigenvalue weighted by Gasteiger charge is 2.25. The molecule has 0 aliphatic carbocycles. The Morgan fingerprint density at radius 3 is 2.19 bits per heavy atom. The van der Waals surface area contributed by atoms with E-state index >= 15 is 0 Å². The van der Waals surface area contributed by atoms with Gasteiger partial charge in [0.1, 0.15) is 11.5 Å². The lowest BCUT2D eigenvalue weighted by Crippen LogP contribution is -2.24. The van der Waals surface area contributed by atoms with Gasteiger partial charge in [0, 0.05) is 12.1 Å². The number of hydrogen-bond acceptors (Lipinski definition) is 5. The summed E-state index contributed by atoms with van der Waals surface area (Å²) in [6.45, 7) is 3.91. The number of amides is 1. The molecular formula is C28H25N5O3. The standard InChI is InChI=1S/C28H25N5O3/c1-18(2)21-17-25(34)31-28(29-21)33-24(16-22(32-33)23-14-9-15-36-23)30-27(35)26(19-10-5-3-6-11-19)20-12-7-4-8-13-20/h3-18,26H,1-2H3,(H,30,35)(H,29,31,34). The van der Waals surface area contributed by atoms with Gasteiger partial charge in [-0.05, 0) is 29.2 Å². The molecule has 0 saturated carbocycles. The van der Waals surface area contributed by atoms with Gasteiger partial charge in [0.05, 0.1) is 17.9 Å². The van der Waals surface area contributed by atoms with Crippen LogP contribution in [0.15, 0.2) is 100 Å². The summed E-state index contributed by atoms with van der Waals surface area (Å²) in [5.74, 6) is 0.306. The lowest BCUT2D eigenvalue weighted by atomic mass is 9.90. The van der Waals surface area contributed by atoms with Crippen LogP contribution in [0, 0.1) is 0 Å². The van der Waals surface area contributed by atoms with Crippen molar-refractivity contribution >= 4 is 11.7 Å². The molecule has 0 aliphatic rings. The lowest BCUT2D eigenvalue weighted by molar-refractivity contribution is -0.116. The fraction of sp³-hybridized carbons (Fsp3) is 0.143. The number of rotatable bonds is 7. The molecule has 0 spiro atoms. The maximum absolute atomic E-state index is 13.8. The van der Waals surface area contributed by atoms with Crippen molar-refractivity contribution in [2.75, 3.05) is 5.32 Å². The van der Waals surface area contributed by atoms with Gasteiger partial charge in [-0.25, -0.2) is 4.98 Å². The number of aromatic amines is 1. The fourth-order valence-electron chi connectivity index (χ4n) is 4.02. The van der Waals surface area contributed by atoms with E-state index in [1.807, 2.05) is 74.5 Å². The number of H-pyrrole nitrogens is 1. The maximum atomic E-state index is 13.8. The van der Waals surface area contributed by atoms with Crippen molar-refractivity contribution in [3.63, 3.8) is 0 Å². The van der Waals surface area contributed by atoms with Crippen LogP contribution in [0.5, 0.6) is 0 Å². The van der Waals surface area contributed by atoms with E-state index in [-0.39, 0.29) is 23.3 Å². The molecule has 5 aromatic rings. The first-order valence-corrected chi connectivity index (χ1v) is 11.7. The van der Waals surface area contributed by atoms with Crippen molar-refractivity contribution in [1.29, 1.82) is 0 Å². The number of aromatic nitrogens is 4. The summed E-state index contributed by atoms with van der Waals surface area (Å²) in [5.41, 5.74) is 2.51. The van der Waals surface area contributed by atoms with Gasteiger partial charge < -0.3 is 9.73 Å². The van der Waals surface area contributed by atoms with Crippen molar-refractivity contribution in [1.82, 2.24) is 19.7 Å². The summed E-state index contributed by atoms with van der Waals surface area (Å²) in [7, 11) is 0. The highest BCUT2D eigenvalue weighted by molar-refractivity contribution is 5.98. The second-order valence-electron chi connectivity index (χ2n) is 8.70. The van der Waals surface area contributed by atoms with Crippen molar-refractivity contribution < 1.29 is 9.21 Å². The Bertz CT molecular complexity index is 1480. The molecule has 2 N–H and O–H groups in total. The Hall–Kier alpha value is -4.72. The van der Waals surface area contributed by atoms with Crippen molar-refractivity contribution in [2.45, 2.75) is 25.7 Å². The number of nitrogens with zero attached hydrogens (tertiary/aromatic N) is 3. The highest BCUT2D eigenvalue weighted by atomic mass is 16.3. The number of carbonyl (C=O) groups excluding carboxylic acids is 1. The quantitative estimate of drug-likeness (QED) is 0.337. The smallest absolute Gasteiger partial charge is 0.252 e. The van der Waals surface area contributed by atoms with Gasteiger partial charge in [-0.15, -0.1) is 0 Å². The van der Waals surface area contributed by atoms with Gasteiger partial charge in [-0.1, -0.05) is 74.5 Å². The van der Waals surface area contributed by atoms with E-state index in [2.05, 4.69) is 20.4 Å². The van der Waals surface area contributed by atoms with E-state index in [0.29, 0.717) is 23.0 Å². The van der Waals surface area contributed by atoms with Gasteiger partial charge in [-0.2, -0.15) is 9.78 Å². The van der Waals surface area contributed by atoms with E-state index < -0.39 is 5.92 Å². The van der Waals surface area contributed by atoms with Gasteiger partial charge >= 0.3 is 0 Å². The second kappa shape index (κ2) is 9.87. The second-order valence-corrected chi connectivity index (χ2v) is 8.70. The normalized spacial score (nSPS) is 11.2. The van der Waals surface area contributed by atoms with Gasteiger partial charge in [-0.3, -0.25) is 14.6 Å². The van der Waals surface area contributed by atoms with Crippen LogP contribution >= 0.6 is 0 Å². The fourth-order valence-corrected chi connectivity index (χ4v) is 4.02. The molecule has 0 fully saturated rings. The summed E-state index contributed by atoms with van der Waals surface area (Å²) in [5, 5.41) is 7.61. The Kier molecular flexibility index (Phi) is 6.32. The third kappa shape index (κ3) is 4.74. The van der Waals surface area contributed by atoms with Crippen LogP contribution < -0.4 is 10.9 Å². The molecule has 0 atom stereocenters. The molecule has 0 radical (unpaired) electrons. The zero-order valence-corrected chi connectivity index (χ0v) is 19.9. The summed E-state index contributed by atoms with van der Waals surface area (Å²) < 4.78 is 6.95. The van der Waals surface area contributed by atoms with E-state index in [0.717, 1.165) is 11.1 Å². The number of furan rings is 1. The molecular weight excluding hydrogens is 454 g/mol. The van der Waals surface area contributed by atoms with Crippen LogP contribution in [0.4, 0.5) is 5.82 Å². The first kappa shape index (κ1) is 23.0. The minimum atomic E-state index is -0.559. The molecule has 8 nitrogen and oxygen atoms in total. The van der Waals surface area contributed by atoms with Crippen LogP contribution in [0.25, 0.3) is 17.4 Å². The van der Waals surface area contributed by atoms with Crippen molar-refractivity contribution in [3.8, 4) is 17.4 Å². The molecule has 8 heteroatoms. The first-order valence-electron chi connectivity index (χ1n) is 11.7. The summed E-state index contributed by atoms with van der Waals surface area (Å²) in [6.07, 6.45) is 1.55. The Morgan fingerprint density at radius 1 is 0.944 bits per heavy atom. The SMILES string of the molecule is CC(C)c1cc(=O)[nH]c(-n2nc(-c3ccco3)cc2NC(=O)C(c2ccccc2)c2ccccc2)n1. The molecule has 0 bridgehead atoms. The van der Waals surface area contributed by atoms with Gasteiger partial charge in [0.15, 0.2) is 5.76 Å². The molecule has 36 heavy (non-hydrogen) atoms. The molecule has 180 valence electrons. The van der Waals surface area contributed by atoms with E-state index in [1.54, 1.807) is 24.5 Å². The summed E-state index contributed by atoms with van der Waals surface area (Å²) in [4.78, 5) is 33.5. The molecule has 0 unspecified atom stereocenters. The van der Waals surface area contributed by atoms with Crippen LogP contribution in [0.1, 0.15) is 42.5 Å². The van der Waals surface area contributed by atoms with Gasteiger partial charge in [0.25, 0.3) is 5.56 Å². The van der Waals surface area contributed by atoms with Crippen molar-refractivity contribution in [3.05, 3.63) is 118 Å². The number of benzene rings is 2. The number of nitrogens with one attached hydrogen (secondary N) is 2.